The molecule has 2 aromatic carbocycles. The summed E-state index contributed by atoms with van der Waals surface area (Å²) in [7, 11) is 0. The van der Waals surface area contributed by atoms with Crippen molar-refractivity contribution in [3.8, 4) is 5.75 Å². The Kier molecular flexibility index (Phi) is 4.50. The van der Waals surface area contributed by atoms with Crippen LogP contribution in [0.2, 0.25) is 0 Å². The summed E-state index contributed by atoms with van der Waals surface area (Å²) in [4.78, 5) is 0.341. The van der Waals surface area contributed by atoms with Gasteiger partial charge in [0.05, 0.1) is 4.47 Å². The molecule has 0 fully saturated rings. The van der Waals surface area contributed by atoms with Crippen LogP contribution in [0.4, 0.5) is 4.39 Å². The van der Waals surface area contributed by atoms with Crippen LogP contribution in [0, 0.1) is 5.82 Å². The molecule has 0 bridgehead atoms. The van der Waals surface area contributed by atoms with Crippen LogP contribution >= 0.6 is 28.1 Å². The molecule has 0 aliphatic heterocycles. The van der Waals surface area contributed by atoms with Gasteiger partial charge in [-0.2, -0.15) is 0 Å². The molecule has 19 heavy (non-hydrogen) atoms. The van der Waals surface area contributed by atoms with E-state index in [1.54, 1.807) is 6.07 Å². The van der Waals surface area contributed by atoms with E-state index in [0.717, 1.165) is 11.1 Å². The lowest BCUT2D eigenvalue weighted by atomic mass is 10.1. The van der Waals surface area contributed by atoms with Gasteiger partial charge in [-0.25, -0.2) is 4.39 Å². The molecule has 0 spiro atoms. The van der Waals surface area contributed by atoms with Crippen LogP contribution in [0.15, 0.2) is 46.9 Å². The number of ether oxygens (including phenoxy) is 1. The zero-order chi connectivity index (χ0) is 13.8. The molecule has 0 aliphatic carbocycles. The maximum absolute atomic E-state index is 13.1. The Labute approximate surface area is 124 Å². The molecular formula is C14H11BrFNOS. The van der Waals surface area contributed by atoms with Crippen LogP contribution in [-0.4, -0.2) is 4.99 Å². The molecule has 0 heterocycles. The van der Waals surface area contributed by atoms with Gasteiger partial charge < -0.3 is 10.5 Å². The van der Waals surface area contributed by atoms with Crippen LogP contribution in [0.1, 0.15) is 11.1 Å². The van der Waals surface area contributed by atoms with Crippen molar-refractivity contribution < 1.29 is 9.13 Å². The Morgan fingerprint density at radius 1 is 1.26 bits per heavy atom. The SMILES string of the molecule is NC(=S)c1cccc(COc2cc(F)ccc2Br)c1. The Hall–Kier alpha value is -1.46. The molecule has 2 N–H and O–H groups in total. The predicted octanol–water partition coefficient (Wildman–Crippen LogP) is 3.80. The summed E-state index contributed by atoms with van der Waals surface area (Å²) in [6.07, 6.45) is 0. The molecule has 0 aromatic heterocycles. The fourth-order valence-electron chi connectivity index (χ4n) is 1.56. The normalized spacial score (nSPS) is 10.2. The molecule has 0 radical (unpaired) electrons. The van der Waals surface area contributed by atoms with Gasteiger partial charge in [0.25, 0.3) is 0 Å². The minimum Gasteiger partial charge on any atom is -0.488 e. The summed E-state index contributed by atoms with van der Waals surface area (Å²) >= 11 is 8.23. The van der Waals surface area contributed by atoms with Gasteiger partial charge in [0.1, 0.15) is 23.2 Å². The zero-order valence-electron chi connectivity index (χ0n) is 9.90. The highest BCUT2D eigenvalue weighted by Gasteiger charge is 2.04. The van der Waals surface area contributed by atoms with E-state index in [4.69, 9.17) is 22.7 Å². The van der Waals surface area contributed by atoms with Gasteiger partial charge in [-0.1, -0.05) is 30.4 Å². The van der Waals surface area contributed by atoms with Crippen molar-refractivity contribution in [3.05, 3.63) is 63.9 Å². The second kappa shape index (κ2) is 6.12. The van der Waals surface area contributed by atoms with Gasteiger partial charge in [0.15, 0.2) is 0 Å². The Bertz CT molecular complexity index is 618. The summed E-state index contributed by atoms with van der Waals surface area (Å²) in [5, 5.41) is 0. The van der Waals surface area contributed by atoms with Gasteiger partial charge in [0, 0.05) is 11.6 Å². The number of hydrogen-bond donors (Lipinski definition) is 1. The lowest BCUT2D eigenvalue weighted by molar-refractivity contribution is 0.302. The van der Waals surface area contributed by atoms with Crippen LogP contribution in [0.25, 0.3) is 0 Å². The molecule has 2 nitrogen and oxygen atoms in total. The van der Waals surface area contributed by atoms with Gasteiger partial charge in [-0.05, 0) is 39.7 Å². The first-order valence-corrected chi connectivity index (χ1v) is 6.73. The van der Waals surface area contributed by atoms with E-state index in [9.17, 15) is 4.39 Å². The summed E-state index contributed by atoms with van der Waals surface area (Å²) in [5.41, 5.74) is 7.27. The van der Waals surface area contributed by atoms with Crippen molar-refractivity contribution in [2.75, 3.05) is 0 Å². The Morgan fingerprint density at radius 2 is 2.05 bits per heavy atom. The summed E-state index contributed by atoms with van der Waals surface area (Å²) in [6, 6.07) is 11.8. The molecular weight excluding hydrogens is 329 g/mol. The van der Waals surface area contributed by atoms with Gasteiger partial charge in [-0.15, -0.1) is 0 Å². The predicted molar refractivity (Wildman–Crippen MR) is 80.8 cm³/mol. The number of halogens is 2. The van der Waals surface area contributed by atoms with E-state index in [-0.39, 0.29) is 5.82 Å². The molecule has 0 saturated heterocycles. The van der Waals surface area contributed by atoms with E-state index in [0.29, 0.717) is 21.8 Å². The highest BCUT2D eigenvalue weighted by atomic mass is 79.9. The highest BCUT2D eigenvalue weighted by Crippen LogP contribution is 2.26. The minimum absolute atomic E-state index is 0.318. The quantitative estimate of drug-likeness (QED) is 0.860. The third kappa shape index (κ3) is 3.75. The Balaban J connectivity index is 2.12. The smallest absolute Gasteiger partial charge is 0.136 e. The topological polar surface area (TPSA) is 35.2 Å². The molecule has 98 valence electrons. The number of rotatable bonds is 4. The summed E-state index contributed by atoms with van der Waals surface area (Å²) in [6.45, 7) is 0.318. The number of benzene rings is 2. The average Bonchev–Trinajstić information content (AvgIpc) is 2.40. The fourth-order valence-corrected chi connectivity index (χ4v) is 2.05. The van der Waals surface area contributed by atoms with Crippen LogP contribution in [0.3, 0.4) is 0 Å². The molecule has 5 heteroatoms. The maximum atomic E-state index is 13.1. The first-order chi connectivity index (χ1) is 9.06. The van der Waals surface area contributed by atoms with Crippen molar-refractivity contribution >= 4 is 33.1 Å². The third-order valence-corrected chi connectivity index (χ3v) is 3.39. The second-order valence-corrected chi connectivity index (χ2v) is 5.22. The van der Waals surface area contributed by atoms with Crippen molar-refractivity contribution in [3.63, 3.8) is 0 Å². The zero-order valence-corrected chi connectivity index (χ0v) is 12.3. The molecule has 0 unspecified atom stereocenters. The molecule has 0 amide bonds. The molecule has 0 saturated carbocycles. The third-order valence-electron chi connectivity index (χ3n) is 2.50. The molecule has 0 aliphatic rings. The summed E-state index contributed by atoms with van der Waals surface area (Å²) in [5.74, 6) is 0.121. The lowest BCUT2D eigenvalue weighted by Crippen LogP contribution is -2.09. The number of hydrogen-bond acceptors (Lipinski definition) is 2. The van der Waals surface area contributed by atoms with Gasteiger partial charge in [0.2, 0.25) is 0 Å². The Morgan fingerprint density at radius 3 is 2.79 bits per heavy atom. The van der Waals surface area contributed by atoms with Gasteiger partial charge in [-0.3, -0.25) is 0 Å². The number of nitrogens with two attached hydrogens (primary N) is 1. The van der Waals surface area contributed by atoms with E-state index >= 15 is 0 Å². The van der Waals surface area contributed by atoms with E-state index in [2.05, 4.69) is 15.9 Å². The van der Waals surface area contributed by atoms with E-state index in [1.807, 2.05) is 24.3 Å². The summed E-state index contributed by atoms with van der Waals surface area (Å²) < 4.78 is 19.4. The molecule has 2 rings (SSSR count). The lowest BCUT2D eigenvalue weighted by Gasteiger charge is -2.09. The monoisotopic (exact) mass is 339 g/mol. The van der Waals surface area contributed by atoms with Crippen LogP contribution < -0.4 is 10.5 Å². The largest absolute Gasteiger partial charge is 0.488 e. The van der Waals surface area contributed by atoms with Crippen LogP contribution in [-0.2, 0) is 6.61 Å². The second-order valence-electron chi connectivity index (χ2n) is 3.93. The first-order valence-electron chi connectivity index (χ1n) is 5.53. The minimum atomic E-state index is -0.338. The van der Waals surface area contributed by atoms with Crippen molar-refractivity contribution in [1.82, 2.24) is 0 Å². The number of thiocarbonyl (C=S) groups is 1. The fraction of sp³-hybridized carbons (Fsp3) is 0.0714. The van der Waals surface area contributed by atoms with Gasteiger partial charge >= 0.3 is 0 Å². The van der Waals surface area contributed by atoms with Crippen molar-refractivity contribution in [2.45, 2.75) is 6.61 Å². The van der Waals surface area contributed by atoms with Crippen molar-refractivity contribution in [1.29, 1.82) is 0 Å². The standard InChI is InChI=1S/C14H11BrFNOS/c15-12-5-4-11(16)7-13(12)18-8-9-2-1-3-10(6-9)14(17)19/h1-7H,8H2,(H2,17,19). The first kappa shape index (κ1) is 14.0. The van der Waals surface area contributed by atoms with Crippen LogP contribution in [0.5, 0.6) is 5.75 Å². The average molecular weight is 340 g/mol. The maximum Gasteiger partial charge on any atom is 0.136 e. The van der Waals surface area contributed by atoms with E-state index in [1.165, 1.54) is 12.1 Å². The van der Waals surface area contributed by atoms with E-state index < -0.39 is 0 Å². The molecule has 0 atom stereocenters. The molecule has 2 aromatic rings. The highest BCUT2D eigenvalue weighted by molar-refractivity contribution is 9.10. The van der Waals surface area contributed by atoms with Crippen molar-refractivity contribution in [2.24, 2.45) is 5.73 Å².